The Morgan fingerprint density at radius 3 is 2.55 bits per heavy atom. The number of hydrogen-bond donors (Lipinski definition) is 0. The second-order valence-corrected chi connectivity index (χ2v) is 8.43. The molecule has 2 fully saturated rings. The van der Waals surface area contributed by atoms with Crippen LogP contribution in [0.2, 0.25) is 0 Å². The number of fused-ring (bicyclic) bond motifs is 1. The van der Waals surface area contributed by atoms with Crippen molar-refractivity contribution in [3.8, 4) is 6.07 Å². The van der Waals surface area contributed by atoms with E-state index in [0.29, 0.717) is 17.0 Å². The summed E-state index contributed by atoms with van der Waals surface area (Å²) in [6.07, 6.45) is 4.33. The zero-order valence-electron chi connectivity index (χ0n) is 16.3. The predicted octanol–water partition coefficient (Wildman–Crippen LogP) is 5.85. The molecule has 0 saturated heterocycles. The van der Waals surface area contributed by atoms with Crippen LogP contribution in [-0.4, -0.2) is 27.7 Å². The molecule has 0 N–H and O–H groups in total. The summed E-state index contributed by atoms with van der Waals surface area (Å²) in [5, 5.41) is 10.9. The minimum atomic E-state index is -4.30. The zero-order valence-corrected chi connectivity index (χ0v) is 16.3. The van der Waals surface area contributed by atoms with Gasteiger partial charge >= 0.3 is 6.18 Å². The van der Waals surface area contributed by atoms with E-state index >= 15 is 0 Å². The number of aromatic nitrogens is 1. The number of hydrogen-bond acceptors (Lipinski definition) is 2. The fraction of sp³-hybridized carbons (Fsp3) is 0.435. The molecule has 1 aliphatic heterocycles. The van der Waals surface area contributed by atoms with Crippen LogP contribution < -0.4 is 0 Å². The maximum atomic E-state index is 14.0. The molecule has 0 atom stereocenters. The Morgan fingerprint density at radius 1 is 1.21 bits per heavy atom. The summed E-state index contributed by atoms with van der Waals surface area (Å²) in [5.41, 5.74) is 1.83. The third kappa shape index (κ3) is 2.56. The molecule has 1 aromatic carbocycles. The standard InChI is InChI=1S/C23H22F3N3/c1-15-8-9-19-17(13-15)18(14-27)21(29(19)16-5-4-6-16)20-7-2-3-12-28(20)22(10-11-22)23(24,25)26/h2-3,7-9,13,16H,4-6,10-12H2,1H3. The molecule has 2 saturated carbocycles. The Morgan fingerprint density at radius 2 is 1.97 bits per heavy atom. The SMILES string of the molecule is Cc1ccc2c(c1)c(C#N)c(C1=CC=CCN1C1(C(F)(F)F)CC1)n2C1CCC1. The smallest absolute Gasteiger partial charge is 0.352 e. The van der Waals surface area contributed by atoms with Gasteiger partial charge in [-0.15, -0.1) is 0 Å². The van der Waals surface area contributed by atoms with Gasteiger partial charge in [-0.05, 0) is 57.2 Å². The first-order valence-electron chi connectivity index (χ1n) is 10.1. The van der Waals surface area contributed by atoms with E-state index in [-0.39, 0.29) is 25.4 Å². The summed E-state index contributed by atoms with van der Waals surface area (Å²) < 4.78 is 44.1. The molecule has 0 bridgehead atoms. The average Bonchev–Trinajstić information content (AvgIpc) is 3.40. The van der Waals surface area contributed by atoms with Gasteiger partial charge in [0.25, 0.3) is 0 Å². The molecule has 6 heteroatoms. The van der Waals surface area contributed by atoms with E-state index in [4.69, 9.17) is 0 Å². The highest BCUT2D eigenvalue weighted by atomic mass is 19.4. The third-order valence-corrected chi connectivity index (χ3v) is 6.69. The summed E-state index contributed by atoms with van der Waals surface area (Å²) in [5.74, 6) is 0. The second-order valence-electron chi connectivity index (χ2n) is 8.43. The van der Waals surface area contributed by atoms with E-state index in [1.165, 1.54) is 4.90 Å². The third-order valence-electron chi connectivity index (χ3n) is 6.69. The summed E-state index contributed by atoms with van der Waals surface area (Å²) >= 11 is 0. The molecule has 0 unspecified atom stereocenters. The number of aryl methyl sites for hydroxylation is 1. The van der Waals surface area contributed by atoms with Crippen LogP contribution >= 0.6 is 0 Å². The molecule has 29 heavy (non-hydrogen) atoms. The number of allylic oxidation sites excluding steroid dienone is 2. The van der Waals surface area contributed by atoms with Gasteiger partial charge in [0.1, 0.15) is 11.6 Å². The fourth-order valence-corrected chi connectivity index (χ4v) is 4.77. The normalized spacial score (nSPS) is 21.1. The number of halogens is 3. The molecular weight excluding hydrogens is 375 g/mol. The van der Waals surface area contributed by atoms with Gasteiger partial charge in [-0.1, -0.05) is 23.8 Å². The summed E-state index contributed by atoms with van der Waals surface area (Å²) in [6, 6.07) is 8.55. The van der Waals surface area contributed by atoms with Crippen molar-refractivity contribution in [3.63, 3.8) is 0 Å². The Labute approximate surface area is 167 Å². The van der Waals surface area contributed by atoms with Crippen molar-refractivity contribution in [1.82, 2.24) is 9.47 Å². The number of nitriles is 1. The van der Waals surface area contributed by atoms with Crippen molar-refractivity contribution in [1.29, 1.82) is 5.26 Å². The van der Waals surface area contributed by atoms with Crippen LogP contribution in [-0.2, 0) is 0 Å². The lowest BCUT2D eigenvalue weighted by Crippen LogP contribution is -2.48. The fourth-order valence-electron chi connectivity index (χ4n) is 4.77. The Bertz CT molecular complexity index is 1090. The largest absolute Gasteiger partial charge is 0.411 e. The van der Waals surface area contributed by atoms with Crippen molar-refractivity contribution in [2.75, 3.05) is 6.54 Å². The van der Waals surface area contributed by atoms with Crippen molar-refractivity contribution in [3.05, 3.63) is 53.2 Å². The maximum absolute atomic E-state index is 14.0. The van der Waals surface area contributed by atoms with Gasteiger partial charge in [0.2, 0.25) is 0 Å². The molecule has 0 radical (unpaired) electrons. The molecule has 3 aliphatic rings. The second kappa shape index (κ2) is 6.16. The zero-order chi connectivity index (χ0) is 20.4. The minimum Gasteiger partial charge on any atom is -0.352 e. The van der Waals surface area contributed by atoms with Gasteiger partial charge in [-0.25, -0.2) is 0 Å². The van der Waals surface area contributed by atoms with Gasteiger partial charge in [0, 0.05) is 18.0 Å². The van der Waals surface area contributed by atoms with Crippen LogP contribution in [0, 0.1) is 18.3 Å². The molecule has 1 aromatic heterocycles. The van der Waals surface area contributed by atoms with Gasteiger partial charge < -0.3 is 9.47 Å². The van der Waals surface area contributed by atoms with E-state index in [1.807, 2.05) is 31.2 Å². The molecule has 3 nitrogen and oxygen atoms in total. The van der Waals surface area contributed by atoms with Crippen LogP contribution in [0.25, 0.3) is 16.6 Å². The van der Waals surface area contributed by atoms with E-state index in [9.17, 15) is 18.4 Å². The topological polar surface area (TPSA) is 32.0 Å². The van der Waals surface area contributed by atoms with Crippen LogP contribution in [0.3, 0.4) is 0 Å². The minimum absolute atomic E-state index is 0.104. The highest BCUT2D eigenvalue weighted by molar-refractivity contribution is 5.93. The summed E-state index contributed by atoms with van der Waals surface area (Å²) in [4.78, 5) is 1.49. The average molecular weight is 397 g/mol. The molecule has 0 amide bonds. The first-order valence-corrected chi connectivity index (χ1v) is 10.1. The molecule has 2 aliphatic carbocycles. The van der Waals surface area contributed by atoms with E-state index in [0.717, 1.165) is 35.7 Å². The number of nitrogens with zero attached hydrogens (tertiary/aromatic N) is 3. The summed E-state index contributed by atoms with van der Waals surface area (Å²) in [7, 11) is 0. The number of benzene rings is 1. The maximum Gasteiger partial charge on any atom is 0.411 e. The number of rotatable bonds is 3. The highest BCUT2D eigenvalue weighted by Crippen LogP contribution is 2.57. The monoisotopic (exact) mass is 397 g/mol. The van der Waals surface area contributed by atoms with Crippen molar-refractivity contribution >= 4 is 16.6 Å². The van der Waals surface area contributed by atoms with E-state index in [1.54, 1.807) is 12.2 Å². The highest BCUT2D eigenvalue weighted by Gasteiger charge is 2.67. The molecular formula is C23H22F3N3. The van der Waals surface area contributed by atoms with Crippen LogP contribution in [0.5, 0.6) is 0 Å². The molecule has 5 rings (SSSR count). The molecule has 0 spiro atoms. The molecule has 2 aromatic rings. The lowest BCUT2D eigenvalue weighted by atomic mass is 9.92. The summed E-state index contributed by atoms with van der Waals surface area (Å²) in [6.45, 7) is 2.18. The Kier molecular flexibility index (Phi) is 3.90. The number of alkyl halides is 3. The van der Waals surface area contributed by atoms with Crippen LogP contribution in [0.1, 0.15) is 55.0 Å². The molecule has 2 heterocycles. The van der Waals surface area contributed by atoms with Crippen molar-refractivity contribution in [2.24, 2.45) is 0 Å². The molecule has 150 valence electrons. The van der Waals surface area contributed by atoms with Gasteiger partial charge in [0.15, 0.2) is 0 Å². The van der Waals surface area contributed by atoms with Crippen LogP contribution in [0.4, 0.5) is 13.2 Å². The lowest BCUT2D eigenvalue weighted by molar-refractivity contribution is -0.186. The van der Waals surface area contributed by atoms with Crippen molar-refractivity contribution < 1.29 is 13.2 Å². The van der Waals surface area contributed by atoms with Crippen molar-refractivity contribution in [2.45, 2.75) is 56.8 Å². The first-order chi connectivity index (χ1) is 13.9. The van der Waals surface area contributed by atoms with E-state index < -0.39 is 11.7 Å². The Balaban J connectivity index is 1.76. The van der Waals surface area contributed by atoms with Crippen LogP contribution in [0.15, 0.2) is 36.4 Å². The lowest BCUT2D eigenvalue weighted by Gasteiger charge is -2.39. The predicted molar refractivity (Wildman–Crippen MR) is 106 cm³/mol. The quantitative estimate of drug-likeness (QED) is 0.650. The van der Waals surface area contributed by atoms with E-state index in [2.05, 4.69) is 10.6 Å². The first kappa shape index (κ1) is 18.4. The van der Waals surface area contributed by atoms with Gasteiger partial charge in [0.05, 0.1) is 22.5 Å². The van der Waals surface area contributed by atoms with Gasteiger partial charge in [-0.3, -0.25) is 0 Å². The van der Waals surface area contributed by atoms with Gasteiger partial charge in [-0.2, -0.15) is 18.4 Å². The Hall–Kier alpha value is -2.68.